The lowest BCUT2D eigenvalue weighted by Crippen LogP contribution is -2.19. The van der Waals surface area contributed by atoms with E-state index in [1.54, 1.807) is 10.9 Å². The third-order valence-electron chi connectivity index (χ3n) is 3.35. The van der Waals surface area contributed by atoms with Crippen LogP contribution >= 0.6 is 0 Å². The van der Waals surface area contributed by atoms with E-state index in [1.807, 2.05) is 67.7 Å². The van der Waals surface area contributed by atoms with Gasteiger partial charge in [-0.25, -0.2) is 0 Å². The molecule has 2 aromatic carbocycles. The topological polar surface area (TPSA) is 46.9 Å². The number of nitrogens with one attached hydrogen (secondary N) is 1. The van der Waals surface area contributed by atoms with Gasteiger partial charge < -0.3 is 5.32 Å². The number of para-hydroxylation sites is 1. The van der Waals surface area contributed by atoms with Gasteiger partial charge in [0.15, 0.2) is 0 Å². The molecule has 0 atom stereocenters. The molecule has 1 amide bonds. The van der Waals surface area contributed by atoms with Crippen LogP contribution in [0.5, 0.6) is 0 Å². The number of aromatic nitrogens is 2. The quantitative estimate of drug-likeness (QED) is 0.799. The monoisotopic (exact) mass is 291 g/mol. The van der Waals surface area contributed by atoms with E-state index in [4.69, 9.17) is 0 Å². The highest BCUT2D eigenvalue weighted by Crippen LogP contribution is 2.27. The van der Waals surface area contributed by atoms with Gasteiger partial charge in [0, 0.05) is 17.4 Å². The van der Waals surface area contributed by atoms with E-state index in [0.717, 1.165) is 22.4 Å². The molecule has 22 heavy (non-hydrogen) atoms. The average Bonchev–Trinajstić information content (AvgIpc) is 2.93. The van der Waals surface area contributed by atoms with Crippen molar-refractivity contribution in [1.82, 2.24) is 9.78 Å². The zero-order chi connectivity index (χ0) is 15.4. The molecule has 0 aliphatic rings. The van der Waals surface area contributed by atoms with Crippen molar-refractivity contribution in [3.8, 4) is 11.1 Å². The first-order valence-electron chi connectivity index (χ1n) is 7.16. The maximum atomic E-state index is 12.2. The molecule has 0 saturated heterocycles. The standard InChI is InChI=1S/C18H17N3O/c1-14-11-19-21(12-14)13-18(22)20-17-10-6-5-9-16(17)15-7-3-2-4-8-15/h2-12H,13H2,1H3,(H,20,22). The smallest absolute Gasteiger partial charge is 0.246 e. The molecule has 1 N–H and O–H groups in total. The molecule has 3 rings (SSSR count). The second-order valence-electron chi connectivity index (χ2n) is 5.18. The molecule has 0 aliphatic heterocycles. The Morgan fingerprint density at radius 2 is 1.82 bits per heavy atom. The summed E-state index contributed by atoms with van der Waals surface area (Å²) in [4.78, 5) is 12.2. The molecule has 4 nitrogen and oxygen atoms in total. The van der Waals surface area contributed by atoms with Crippen LogP contribution in [0.4, 0.5) is 5.69 Å². The van der Waals surface area contributed by atoms with Gasteiger partial charge in [-0.1, -0.05) is 48.5 Å². The van der Waals surface area contributed by atoms with Crippen molar-refractivity contribution in [2.45, 2.75) is 13.5 Å². The Morgan fingerprint density at radius 1 is 1.09 bits per heavy atom. The molecule has 0 aliphatic carbocycles. The summed E-state index contributed by atoms with van der Waals surface area (Å²) < 4.78 is 1.63. The van der Waals surface area contributed by atoms with Crippen LogP contribution in [0.3, 0.4) is 0 Å². The average molecular weight is 291 g/mol. The van der Waals surface area contributed by atoms with E-state index in [2.05, 4.69) is 10.4 Å². The Hall–Kier alpha value is -2.88. The van der Waals surface area contributed by atoms with Crippen LogP contribution in [-0.2, 0) is 11.3 Å². The summed E-state index contributed by atoms with van der Waals surface area (Å²) in [5.41, 5.74) is 3.93. The molecule has 0 fully saturated rings. The fourth-order valence-electron chi connectivity index (χ4n) is 2.35. The summed E-state index contributed by atoms with van der Waals surface area (Å²) in [5.74, 6) is -0.0912. The molecule has 0 saturated carbocycles. The predicted molar refractivity (Wildman–Crippen MR) is 87.5 cm³/mol. The molecule has 110 valence electrons. The van der Waals surface area contributed by atoms with E-state index >= 15 is 0 Å². The van der Waals surface area contributed by atoms with E-state index in [1.165, 1.54) is 0 Å². The number of anilines is 1. The zero-order valence-electron chi connectivity index (χ0n) is 12.4. The number of carbonyl (C=O) groups is 1. The summed E-state index contributed by atoms with van der Waals surface area (Å²) in [6.07, 6.45) is 3.59. The second kappa shape index (κ2) is 6.26. The molecule has 0 spiro atoms. The second-order valence-corrected chi connectivity index (χ2v) is 5.18. The third-order valence-corrected chi connectivity index (χ3v) is 3.35. The number of benzene rings is 2. The van der Waals surface area contributed by atoms with Crippen molar-refractivity contribution in [3.63, 3.8) is 0 Å². The Labute approximate surface area is 129 Å². The van der Waals surface area contributed by atoms with Gasteiger partial charge in [-0.05, 0) is 24.1 Å². The highest BCUT2D eigenvalue weighted by Gasteiger charge is 2.09. The van der Waals surface area contributed by atoms with Crippen molar-refractivity contribution in [2.24, 2.45) is 0 Å². The van der Waals surface area contributed by atoms with Gasteiger partial charge in [-0.3, -0.25) is 9.48 Å². The molecule has 0 radical (unpaired) electrons. The molecule has 4 heteroatoms. The van der Waals surface area contributed by atoms with Crippen molar-refractivity contribution in [3.05, 3.63) is 72.6 Å². The summed E-state index contributed by atoms with van der Waals surface area (Å²) in [5, 5.41) is 7.10. The van der Waals surface area contributed by atoms with Crippen LogP contribution in [0.1, 0.15) is 5.56 Å². The number of nitrogens with zero attached hydrogens (tertiary/aromatic N) is 2. The summed E-state index contributed by atoms with van der Waals surface area (Å²) >= 11 is 0. The van der Waals surface area contributed by atoms with Gasteiger partial charge in [-0.2, -0.15) is 5.10 Å². The van der Waals surface area contributed by atoms with Crippen LogP contribution in [0.25, 0.3) is 11.1 Å². The minimum atomic E-state index is -0.0912. The van der Waals surface area contributed by atoms with E-state index in [9.17, 15) is 4.79 Å². The Morgan fingerprint density at radius 3 is 2.55 bits per heavy atom. The van der Waals surface area contributed by atoms with Crippen molar-refractivity contribution >= 4 is 11.6 Å². The Bertz CT molecular complexity index is 778. The van der Waals surface area contributed by atoms with Gasteiger partial charge in [0.2, 0.25) is 5.91 Å². The largest absolute Gasteiger partial charge is 0.324 e. The lowest BCUT2D eigenvalue weighted by atomic mass is 10.0. The van der Waals surface area contributed by atoms with Gasteiger partial charge >= 0.3 is 0 Å². The first-order chi connectivity index (χ1) is 10.7. The highest BCUT2D eigenvalue weighted by molar-refractivity contribution is 5.95. The van der Waals surface area contributed by atoms with Crippen molar-refractivity contribution in [1.29, 1.82) is 0 Å². The molecule has 3 aromatic rings. The number of amides is 1. The van der Waals surface area contributed by atoms with Gasteiger partial charge in [0.05, 0.1) is 6.20 Å². The predicted octanol–water partition coefficient (Wildman–Crippen LogP) is 3.50. The molecular formula is C18H17N3O. The van der Waals surface area contributed by atoms with E-state index in [-0.39, 0.29) is 12.5 Å². The molecular weight excluding hydrogens is 274 g/mol. The minimum absolute atomic E-state index is 0.0912. The molecule has 0 unspecified atom stereocenters. The molecule has 1 aromatic heterocycles. The van der Waals surface area contributed by atoms with Gasteiger partial charge in [0.1, 0.15) is 6.54 Å². The van der Waals surface area contributed by atoms with E-state index < -0.39 is 0 Å². The molecule has 0 bridgehead atoms. The van der Waals surface area contributed by atoms with Crippen LogP contribution in [-0.4, -0.2) is 15.7 Å². The summed E-state index contributed by atoms with van der Waals surface area (Å²) in [6, 6.07) is 17.8. The van der Waals surface area contributed by atoms with Crippen LogP contribution < -0.4 is 5.32 Å². The highest BCUT2D eigenvalue weighted by atomic mass is 16.2. The number of aryl methyl sites for hydroxylation is 1. The first kappa shape index (κ1) is 14.1. The van der Waals surface area contributed by atoms with Crippen LogP contribution in [0, 0.1) is 6.92 Å². The Kier molecular flexibility index (Phi) is 4.01. The summed E-state index contributed by atoms with van der Waals surface area (Å²) in [7, 11) is 0. The summed E-state index contributed by atoms with van der Waals surface area (Å²) in [6.45, 7) is 2.16. The molecule has 1 heterocycles. The lowest BCUT2D eigenvalue weighted by Gasteiger charge is -2.11. The van der Waals surface area contributed by atoms with Crippen LogP contribution in [0.15, 0.2) is 67.0 Å². The van der Waals surface area contributed by atoms with Gasteiger partial charge in [0.25, 0.3) is 0 Å². The normalized spacial score (nSPS) is 10.4. The fraction of sp³-hybridized carbons (Fsp3) is 0.111. The van der Waals surface area contributed by atoms with Crippen LogP contribution in [0.2, 0.25) is 0 Å². The zero-order valence-corrected chi connectivity index (χ0v) is 12.4. The number of hydrogen-bond donors (Lipinski definition) is 1. The van der Waals surface area contributed by atoms with Crippen molar-refractivity contribution < 1.29 is 4.79 Å². The number of hydrogen-bond acceptors (Lipinski definition) is 2. The third kappa shape index (κ3) is 3.23. The van der Waals surface area contributed by atoms with Gasteiger partial charge in [-0.15, -0.1) is 0 Å². The number of rotatable bonds is 4. The maximum Gasteiger partial charge on any atom is 0.246 e. The maximum absolute atomic E-state index is 12.2. The van der Waals surface area contributed by atoms with E-state index in [0.29, 0.717) is 0 Å². The SMILES string of the molecule is Cc1cnn(CC(=O)Nc2ccccc2-c2ccccc2)c1. The minimum Gasteiger partial charge on any atom is -0.324 e. The fourth-order valence-corrected chi connectivity index (χ4v) is 2.35. The lowest BCUT2D eigenvalue weighted by molar-refractivity contribution is -0.116. The number of carbonyl (C=O) groups excluding carboxylic acids is 1. The Balaban J connectivity index is 1.79. The van der Waals surface area contributed by atoms with Crippen molar-refractivity contribution in [2.75, 3.05) is 5.32 Å². The first-order valence-corrected chi connectivity index (χ1v) is 7.16.